The van der Waals surface area contributed by atoms with Gasteiger partial charge in [-0.15, -0.1) is 11.8 Å². The number of rotatable bonds is 3. The molecule has 0 spiro atoms. The van der Waals surface area contributed by atoms with E-state index < -0.39 is 0 Å². The van der Waals surface area contributed by atoms with Gasteiger partial charge in [0, 0.05) is 16.0 Å². The lowest BCUT2D eigenvalue weighted by atomic mass is 9.97. The van der Waals surface area contributed by atoms with E-state index in [1.807, 2.05) is 55.5 Å². The van der Waals surface area contributed by atoms with Crippen LogP contribution in [-0.2, 0) is 0 Å². The zero-order chi connectivity index (χ0) is 14.8. The van der Waals surface area contributed by atoms with Gasteiger partial charge in [0.05, 0.1) is 11.9 Å². The second-order valence-corrected chi connectivity index (χ2v) is 6.00. The molecule has 0 amide bonds. The molecule has 1 aliphatic rings. The Morgan fingerprint density at radius 2 is 1.86 bits per heavy atom. The first-order valence-corrected chi connectivity index (χ1v) is 7.80. The lowest BCUT2D eigenvalue weighted by Crippen LogP contribution is -2.15. The zero-order valence-corrected chi connectivity index (χ0v) is 12.7. The molecule has 0 aliphatic carbocycles. The Kier molecular flexibility index (Phi) is 3.84. The summed E-state index contributed by atoms with van der Waals surface area (Å²) in [5.74, 6) is 0.891. The number of hydrogen-bond acceptors (Lipinski definition) is 3. The molecule has 0 saturated heterocycles. The fraction of sp³-hybridized carbons (Fsp3) is 0.167. The van der Waals surface area contributed by atoms with Gasteiger partial charge in [0.15, 0.2) is 5.78 Å². The molecule has 2 aromatic carbocycles. The van der Waals surface area contributed by atoms with E-state index in [1.165, 1.54) is 0 Å². The van der Waals surface area contributed by atoms with Crippen molar-refractivity contribution in [3.05, 3.63) is 71.8 Å². The molecular formula is C18H16O2S. The second-order valence-electron chi connectivity index (χ2n) is 4.85. The number of benzene rings is 2. The Balaban J connectivity index is 1.93. The summed E-state index contributed by atoms with van der Waals surface area (Å²) in [6.45, 7) is 6.62. The van der Waals surface area contributed by atoms with E-state index in [0.717, 1.165) is 21.8 Å². The Morgan fingerprint density at radius 1 is 1.14 bits per heavy atom. The molecule has 0 bridgehead atoms. The molecule has 1 unspecified atom stereocenters. The number of carbonyl (C=O) groups excluding carboxylic acids is 1. The number of hydrogen-bond donors (Lipinski definition) is 0. The first kappa shape index (κ1) is 14.0. The largest absolute Gasteiger partial charge is 0.494 e. The fourth-order valence-corrected chi connectivity index (χ4v) is 3.66. The van der Waals surface area contributed by atoms with Gasteiger partial charge in [-0.25, -0.2) is 0 Å². The summed E-state index contributed by atoms with van der Waals surface area (Å²) in [7, 11) is 0. The third-order valence-electron chi connectivity index (χ3n) is 3.48. The summed E-state index contributed by atoms with van der Waals surface area (Å²) >= 11 is 1.68. The van der Waals surface area contributed by atoms with Crippen molar-refractivity contribution >= 4 is 17.5 Å². The number of ketones is 1. The second kappa shape index (κ2) is 5.78. The van der Waals surface area contributed by atoms with Gasteiger partial charge >= 0.3 is 0 Å². The molecule has 1 atom stereocenters. The molecule has 3 heteroatoms. The Morgan fingerprint density at radius 3 is 2.57 bits per heavy atom. The van der Waals surface area contributed by atoms with Crippen LogP contribution in [0.25, 0.3) is 0 Å². The van der Waals surface area contributed by atoms with Gasteiger partial charge in [0.25, 0.3) is 0 Å². The van der Waals surface area contributed by atoms with Crippen molar-refractivity contribution in [1.29, 1.82) is 0 Å². The molecule has 0 fully saturated rings. The van der Waals surface area contributed by atoms with E-state index in [4.69, 9.17) is 4.74 Å². The van der Waals surface area contributed by atoms with E-state index in [2.05, 4.69) is 6.58 Å². The maximum absolute atomic E-state index is 12.4. The molecule has 106 valence electrons. The molecule has 0 aromatic heterocycles. The minimum atomic E-state index is -0.0249. The highest BCUT2D eigenvalue weighted by atomic mass is 32.2. The lowest BCUT2D eigenvalue weighted by molar-refractivity contribution is 0.102. The average Bonchev–Trinajstić information content (AvgIpc) is 2.52. The van der Waals surface area contributed by atoms with Crippen LogP contribution >= 0.6 is 11.8 Å². The highest BCUT2D eigenvalue weighted by Gasteiger charge is 2.30. The van der Waals surface area contributed by atoms with Crippen molar-refractivity contribution in [2.45, 2.75) is 17.1 Å². The zero-order valence-electron chi connectivity index (χ0n) is 11.8. The van der Waals surface area contributed by atoms with Gasteiger partial charge in [-0.2, -0.15) is 0 Å². The number of fused-ring (bicyclic) bond motifs is 1. The van der Waals surface area contributed by atoms with Crippen LogP contribution in [-0.4, -0.2) is 12.4 Å². The third-order valence-corrected chi connectivity index (χ3v) is 4.88. The van der Waals surface area contributed by atoms with E-state index in [9.17, 15) is 4.79 Å². The van der Waals surface area contributed by atoms with Crippen molar-refractivity contribution < 1.29 is 9.53 Å². The Bertz CT molecular complexity index is 689. The van der Waals surface area contributed by atoms with Crippen molar-refractivity contribution in [3.8, 4) is 5.75 Å². The Hall–Kier alpha value is -2.00. The number of Topliss-reactive ketones (excluding diaryl/α,β-unsaturated/α-hetero) is 1. The summed E-state index contributed by atoms with van der Waals surface area (Å²) in [6, 6.07) is 15.6. The number of carbonyl (C=O) groups is 1. The maximum Gasteiger partial charge on any atom is 0.191 e. The topological polar surface area (TPSA) is 26.3 Å². The molecule has 0 N–H and O–H groups in total. The quantitative estimate of drug-likeness (QED) is 0.770. The SMILES string of the molecule is C=C1C(=O)c2ccccc2SC1c1ccc(OCC)cc1. The molecular weight excluding hydrogens is 280 g/mol. The van der Waals surface area contributed by atoms with Gasteiger partial charge in [-0.05, 0) is 36.8 Å². The highest BCUT2D eigenvalue weighted by Crippen LogP contribution is 2.46. The highest BCUT2D eigenvalue weighted by molar-refractivity contribution is 8.00. The molecule has 2 aromatic rings. The van der Waals surface area contributed by atoms with Crippen LogP contribution in [0.1, 0.15) is 28.1 Å². The minimum Gasteiger partial charge on any atom is -0.494 e. The normalized spacial score (nSPS) is 17.5. The van der Waals surface area contributed by atoms with E-state index in [1.54, 1.807) is 11.8 Å². The summed E-state index contributed by atoms with van der Waals surface area (Å²) in [4.78, 5) is 13.5. The van der Waals surface area contributed by atoms with Gasteiger partial charge < -0.3 is 4.74 Å². The van der Waals surface area contributed by atoms with Gasteiger partial charge in [0.1, 0.15) is 5.75 Å². The summed E-state index contributed by atoms with van der Waals surface area (Å²) in [6.07, 6.45) is 0. The van der Waals surface area contributed by atoms with Gasteiger partial charge in [0.2, 0.25) is 0 Å². The van der Waals surface area contributed by atoms with E-state index in [0.29, 0.717) is 12.2 Å². The Labute approximate surface area is 128 Å². The first-order valence-electron chi connectivity index (χ1n) is 6.92. The molecule has 1 aliphatic heterocycles. The summed E-state index contributed by atoms with van der Waals surface area (Å²) in [5, 5.41) is -0.0249. The van der Waals surface area contributed by atoms with E-state index in [-0.39, 0.29) is 11.0 Å². The summed E-state index contributed by atoms with van der Waals surface area (Å²) < 4.78 is 5.46. The predicted molar refractivity (Wildman–Crippen MR) is 86.1 cm³/mol. The molecule has 0 saturated carbocycles. The average molecular weight is 296 g/mol. The number of ether oxygens (including phenoxy) is 1. The van der Waals surface area contributed by atoms with Crippen LogP contribution in [0.3, 0.4) is 0 Å². The molecule has 3 rings (SSSR count). The molecule has 0 radical (unpaired) electrons. The maximum atomic E-state index is 12.4. The fourth-order valence-electron chi connectivity index (χ4n) is 2.42. The lowest BCUT2D eigenvalue weighted by Gasteiger charge is -2.25. The van der Waals surface area contributed by atoms with Gasteiger partial charge in [-0.3, -0.25) is 4.79 Å². The minimum absolute atomic E-state index is 0.0249. The summed E-state index contributed by atoms with van der Waals surface area (Å²) in [5.41, 5.74) is 2.48. The van der Waals surface area contributed by atoms with Crippen LogP contribution in [0.5, 0.6) is 5.75 Å². The first-order chi connectivity index (χ1) is 10.2. The standard InChI is InChI=1S/C18H16O2S/c1-3-20-14-10-8-13(9-11-14)18-12(2)17(19)15-6-4-5-7-16(15)21-18/h4-11,18H,2-3H2,1H3. The van der Waals surface area contributed by atoms with Crippen LogP contribution in [0.2, 0.25) is 0 Å². The van der Waals surface area contributed by atoms with Crippen LogP contribution in [0, 0.1) is 0 Å². The van der Waals surface area contributed by atoms with Crippen LogP contribution in [0.4, 0.5) is 0 Å². The predicted octanol–water partition coefficient (Wildman–Crippen LogP) is 4.67. The van der Waals surface area contributed by atoms with Crippen molar-refractivity contribution in [1.82, 2.24) is 0 Å². The molecule has 21 heavy (non-hydrogen) atoms. The van der Waals surface area contributed by atoms with Crippen LogP contribution in [0.15, 0.2) is 65.6 Å². The monoisotopic (exact) mass is 296 g/mol. The van der Waals surface area contributed by atoms with E-state index >= 15 is 0 Å². The number of thioether (sulfide) groups is 1. The van der Waals surface area contributed by atoms with Crippen molar-refractivity contribution in [3.63, 3.8) is 0 Å². The van der Waals surface area contributed by atoms with Crippen LogP contribution < -0.4 is 4.74 Å². The third kappa shape index (κ3) is 2.61. The van der Waals surface area contributed by atoms with Crippen molar-refractivity contribution in [2.75, 3.05) is 6.61 Å². The van der Waals surface area contributed by atoms with Crippen molar-refractivity contribution in [2.24, 2.45) is 0 Å². The smallest absolute Gasteiger partial charge is 0.191 e. The van der Waals surface area contributed by atoms with Gasteiger partial charge in [-0.1, -0.05) is 30.8 Å². The molecule has 2 nitrogen and oxygen atoms in total. The molecule has 1 heterocycles.